The summed E-state index contributed by atoms with van der Waals surface area (Å²) in [5.74, 6) is -0.672. The number of hydrogen-bond acceptors (Lipinski definition) is 6. The number of sulfonamides is 1. The van der Waals surface area contributed by atoms with E-state index >= 15 is 0 Å². The Morgan fingerprint density at radius 3 is 2.32 bits per heavy atom. The summed E-state index contributed by atoms with van der Waals surface area (Å²) in [5.41, 5.74) is 10.4. The minimum atomic E-state index is -4.85. The Labute approximate surface area is 254 Å². The lowest BCUT2D eigenvalue weighted by molar-refractivity contribution is -0.140. The van der Waals surface area contributed by atoms with Crippen LogP contribution in [-0.4, -0.2) is 44.8 Å². The maximum Gasteiger partial charge on any atom is 0.417 e. The van der Waals surface area contributed by atoms with E-state index in [9.17, 15) is 21.6 Å². The van der Waals surface area contributed by atoms with Gasteiger partial charge in [-0.05, 0) is 55.5 Å². The summed E-state index contributed by atoms with van der Waals surface area (Å²) in [4.78, 5) is 8.21. The first kappa shape index (κ1) is 35.6. The van der Waals surface area contributed by atoms with E-state index in [-0.39, 0.29) is 30.4 Å². The number of guanidine groups is 1. The molecule has 44 heavy (non-hydrogen) atoms. The van der Waals surface area contributed by atoms with Crippen molar-refractivity contribution >= 4 is 33.9 Å². The number of ether oxygens (including phenoxy) is 1. The molecule has 14 heteroatoms. The van der Waals surface area contributed by atoms with Crippen molar-refractivity contribution in [3.63, 3.8) is 0 Å². The zero-order chi connectivity index (χ0) is 32.8. The van der Waals surface area contributed by atoms with Gasteiger partial charge in [-0.15, -0.1) is 5.10 Å². The first-order chi connectivity index (χ1) is 20.7. The lowest BCUT2D eigenvalue weighted by atomic mass is 10.1. The first-order valence-electron chi connectivity index (χ1n) is 13.5. The highest BCUT2D eigenvalue weighted by Gasteiger charge is 2.40. The van der Waals surface area contributed by atoms with Crippen molar-refractivity contribution in [3.05, 3.63) is 89.5 Å². The summed E-state index contributed by atoms with van der Waals surface area (Å²) in [6.07, 6.45) is -1.27. The predicted molar refractivity (Wildman–Crippen MR) is 164 cm³/mol. The fourth-order valence-electron chi connectivity index (χ4n) is 4.08. The van der Waals surface area contributed by atoms with Gasteiger partial charge < -0.3 is 21.3 Å². The SMILES string of the molecule is CC(=O)O.Cc1cccc(S(=O)(=O)N(CCCCc2ccccc2)c2cccc(OCCC=NN=C(N)N)c2)c1C(F)(F)F. The van der Waals surface area contributed by atoms with Crippen LogP contribution in [0.4, 0.5) is 18.9 Å². The van der Waals surface area contributed by atoms with Gasteiger partial charge in [0.2, 0.25) is 5.96 Å². The van der Waals surface area contributed by atoms with Gasteiger partial charge in [-0.3, -0.25) is 9.10 Å². The van der Waals surface area contributed by atoms with Gasteiger partial charge >= 0.3 is 6.18 Å². The molecule has 0 saturated heterocycles. The molecule has 238 valence electrons. The highest BCUT2D eigenvalue weighted by atomic mass is 32.2. The van der Waals surface area contributed by atoms with Crippen LogP contribution >= 0.6 is 0 Å². The molecule has 0 aliphatic heterocycles. The highest BCUT2D eigenvalue weighted by molar-refractivity contribution is 7.92. The van der Waals surface area contributed by atoms with Crippen molar-refractivity contribution in [2.45, 2.75) is 50.6 Å². The zero-order valence-corrected chi connectivity index (χ0v) is 25.2. The number of halogens is 3. The highest BCUT2D eigenvalue weighted by Crippen LogP contribution is 2.39. The third-order valence-corrected chi connectivity index (χ3v) is 7.75. The Morgan fingerprint density at radius 1 is 1.02 bits per heavy atom. The third-order valence-electron chi connectivity index (χ3n) is 5.88. The van der Waals surface area contributed by atoms with Crippen LogP contribution in [0.3, 0.4) is 0 Å². The molecule has 3 rings (SSSR count). The van der Waals surface area contributed by atoms with Crippen LogP contribution in [0.2, 0.25) is 0 Å². The first-order valence-corrected chi connectivity index (χ1v) is 14.9. The molecular weight excluding hydrogens is 599 g/mol. The summed E-state index contributed by atoms with van der Waals surface area (Å²) in [6, 6.07) is 19.5. The Kier molecular flexibility index (Phi) is 13.7. The minimum Gasteiger partial charge on any atom is -0.493 e. The number of hydrogen-bond donors (Lipinski definition) is 3. The second kappa shape index (κ2) is 16.9. The average molecular weight is 636 g/mol. The van der Waals surface area contributed by atoms with E-state index in [0.717, 1.165) is 22.9 Å². The van der Waals surface area contributed by atoms with Gasteiger partial charge in [-0.2, -0.15) is 18.3 Å². The Bertz CT molecular complexity index is 1520. The van der Waals surface area contributed by atoms with E-state index in [1.807, 2.05) is 30.3 Å². The van der Waals surface area contributed by atoms with Crippen molar-refractivity contribution in [1.82, 2.24) is 0 Å². The number of benzene rings is 3. The van der Waals surface area contributed by atoms with Crippen molar-refractivity contribution < 1.29 is 36.2 Å². The summed E-state index contributed by atoms with van der Waals surface area (Å²) in [5, 5.41) is 14.6. The molecule has 0 spiro atoms. The topological polar surface area (TPSA) is 161 Å². The molecule has 0 amide bonds. The van der Waals surface area contributed by atoms with Gasteiger partial charge in [0.25, 0.3) is 16.0 Å². The standard InChI is InChI=1S/C28H32F3N5O3S.C2H4O2/c1-21-10-7-16-25(26(21)28(29,30)31)40(37,38)36(18-6-5-13-22-11-3-2-4-12-22)23-14-8-15-24(20-23)39-19-9-17-34-35-27(32)33;1-2(3)4/h2-4,7-8,10-12,14-17,20H,5-6,9,13,18-19H2,1H3,(H4,32,33,35);1H3,(H,3,4). The summed E-state index contributed by atoms with van der Waals surface area (Å²) < 4.78 is 76.4. The van der Waals surface area contributed by atoms with Gasteiger partial charge in [-0.1, -0.05) is 48.5 Å². The van der Waals surface area contributed by atoms with E-state index in [1.165, 1.54) is 37.4 Å². The summed E-state index contributed by atoms with van der Waals surface area (Å²) in [6.45, 7) is 2.50. The van der Waals surface area contributed by atoms with E-state index in [4.69, 9.17) is 26.1 Å². The van der Waals surface area contributed by atoms with E-state index in [1.54, 1.807) is 12.1 Å². The maximum absolute atomic E-state index is 14.0. The molecule has 0 bridgehead atoms. The molecular formula is C30H36F3N5O5S. The van der Waals surface area contributed by atoms with E-state index < -0.39 is 32.6 Å². The zero-order valence-electron chi connectivity index (χ0n) is 24.4. The Morgan fingerprint density at radius 2 is 1.68 bits per heavy atom. The van der Waals surface area contributed by atoms with Gasteiger partial charge in [0.05, 0.1) is 22.8 Å². The fourth-order valence-corrected chi connectivity index (χ4v) is 5.86. The van der Waals surface area contributed by atoms with Crippen LogP contribution in [0.25, 0.3) is 0 Å². The molecule has 0 fully saturated rings. The second-order valence-electron chi connectivity index (χ2n) is 9.44. The molecule has 10 nitrogen and oxygen atoms in total. The molecule has 0 aliphatic carbocycles. The number of alkyl halides is 3. The lowest BCUT2D eigenvalue weighted by Crippen LogP contribution is -2.34. The van der Waals surface area contributed by atoms with Crippen molar-refractivity contribution in [3.8, 4) is 5.75 Å². The molecule has 0 aliphatic rings. The number of carboxylic acids is 1. The average Bonchev–Trinajstić information content (AvgIpc) is 2.94. The van der Waals surface area contributed by atoms with Gasteiger partial charge in [0, 0.05) is 32.2 Å². The number of rotatable bonds is 13. The van der Waals surface area contributed by atoms with Crippen LogP contribution in [0, 0.1) is 6.92 Å². The monoisotopic (exact) mass is 635 g/mol. The number of nitrogens with two attached hydrogens (primary N) is 2. The van der Waals surface area contributed by atoms with Crippen molar-refractivity contribution in [1.29, 1.82) is 0 Å². The number of aliphatic carboxylic acids is 1. The molecule has 0 unspecified atom stereocenters. The molecule has 0 radical (unpaired) electrons. The Balaban J connectivity index is 0.00000159. The van der Waals surface area contributed by atoms with E-state index in [2.05, 4.69) is 10.2 Å². The quantitative estimate of drug-likeness (QED) is 0.0987. The van der Waals surface area contributed by atoms with Crippen molar-refractivity contribution in [2.24, 2.45) is 21.7 Å². The van der Waals surface area contributed by atoms with Gasteiger partial charge in [0.1, 0.15) is 5.75 Å². The summed E-state index contributed by atoms with van der Waals surface area (Å²) >= 11 is 0. The van der Waals surface area contributed by atoms with Crippen molar-refractivity contribution in [2.75, 3.05) is 17.5 Å². The number of carboxylic acid groups (broad SMARTS) is 1. The van der Waals surface area contributed by atoms with Crippen LogP contribution in [-0.2, 0) is 27.4 Å². The molecule has 3 aromatic carbocycles. The predicted octanol–water partition coefficient (Wildman–Crippen LogP) is 5.35. The maximum atomic E-state index is 14.0. The number of unbranched alkanes of at least 4 members (excludes halogenated alkanes) is 1. The molecule has 0 saturated carbocycles. The molecule has 0 heterocycles. The number of carbonyl (C=O) groups is 1. The largest absolute Gasteiger partial charge is 0.493 e. The number of anilines is 1. The smallest absolute Gasteiger partial charge is 0.417 e. The normalized spacial score (nSPS) is 11.4. The van der Waals surface area contributed by atoms with E-state index in [0.29, 0.717) is 31.4 Å². The molecule has 3 aromatic rings. The van der Waals surface area contributed by atoms with Crippen LogP contribution in [0.1, 0.15) is 42.9 Å². The molecule has 5 N–H and O–H groups in total. The van der Waals surface area contributed by atoms with Gasteiger partial charge in [0.15, 0.2) is 0 Å². The number of nitrogens with zero attached hydrogens (tertiary/aromatic N) is 3. The number of aryl methyl sites for hydroxylation is 2. The Hall–Kier alpha value is -4.59. The van der Waals surface area contributed by atoms with Crippen LogP contribution in [0.15, 0.2) is 87.9 Å². The molecule has 0 atom stereocenters. The molecule has 0 aromatic heterocycles. The third kappa shape index (κ3) is 11.6. The lowest BCUT2D eigenvalue weighted by Gasteiger charge is -2.27. The second-order valence-corrected chi connectivity index (χ2v) is 11.3. The summed E-state index contributed by atoms with van der Waals surface area (Å²) in [7, 11) is -4.59. The van der Waals surface area contributed by atoms with Crippen LogP contribution < -0.4 is 20.5 Å². The van der Waals surface area contributed by atoms with Crippen LogP contribution in [0.5, 0.6) is 5.75 Å². The minimum absolute atomic E-state index is 0.0188. The fraction of sp³-hybridized carbons (Fsp3) is 0.300. The van der Waals surface area contributed by atoms with Gasteiger partial charge in [-0.25, -0.2) is 8.42 Å².